The molecule has 1 aromatic heterocycles. The number of hydrogen-bond acceptors (Lipinski definition) is 7. The molecule has 0 radical (unpaired) electrons. The van der Waals surface area contributed by atoms with E-state index in [0.717, 1.165) is 27.8 Å². The van der Waals surface area contributed by atoms with Crippen LogP contribution in [0.5, 0.6) is 5.75 Å². The van der Waals surface area contributed by atoms with Gasteiger partial charge in [-0.15, -0.1) is 0 Å². The van der Waals surface area contributed by atoms with Gasteiger partial charge < -0.3 is 14.1 Å². The number of hydrogen-bond donors (Lipinski definition) is 2. The van der Waals surface area contributed by atoms with Crippen LogP contribution in [-0.4, -0.2) is 44.0 Å². The standard InChI is InChI=1S/C37H34F2N2O8S2/c1-2-25(21-36-40(17-3-19-50(42,43)44)32-23-28(9-15-34(32)48-36)26-5-11-30(38)12-6-26)22-37-41(18-4-20-51(45,46)47)33-24-29(10-16-35(33)49-37)27-7-13-31(39)14-8-27/h5-16,21-24H,2-4,17-20H2,1H3,(H-,42,43,44,45,46,47)/p+1. The van der Waals surface area contributed by atoms with Crippen molar-refractivity contribution in [2.24, 2.45) is 0 Å². The minimum absolute atomic E-state index is 0.0959. The lowest BCUT2D eigenvalue weighted by Crippen LogP contribution is -2.36. The Morgan fingerprint density at radius 2 is 1.35 bits per heavy atom. The number of aromatic nitrogens is 1. The van der Waals surface area contributed by atoms with Crippen LogP contribution in [0.1, 0.15) is 32.1 Å². The molecule has 51 heavy (non-hydrogen) atoms. The maximum Gasteiger partial charge on any atom is 0.374 e. The molecule has 2 heterocycles. The van der Waals surface area contributed by atoms with Gasteiger partial charge in [0.2, 0.25) is 11.5 Å². The van der Waals surface area contributed by atoms with Crippen molar-refractivity contribution in [3.8, 4) is 28.0 Å². The molecule has 0 saturated carbocycles. The Bertz CT molecular complexity index is 2350. The van der Waals surface area contributed by atoms with Gasteiger partial charge in [-0.25, -0.2) is 8.78 Å². The van der Waals surface area contributed by atoms with Crippen molar-refractivity contribution in [2.45, 2.75) is 32.7 Å². The summed E-state index contributed by atoms with van der Waals surface area (Å²) in [6.45, 7) is 2.31. The Morgan fingerprint density at radius 1 is 0.784 bits per heavy atom. The number of fused-ring (bicyclic) bond motifs is 2. The minimum atomic E-state index is -4.21. The molecule has 0 aliphatic carbocycles. The monoisotopic (exact) mass is 737 g/mol. The van der Waals surface area contributed by atoms with Gasteiger partial charge >= 0.3 is 5.89 Å². The van der Waals surface area contributed by atoms with Gasteiger partial charge in [0.1, 0.15) is 11.6 Å². The van der Waals surface area contributed by atoms with Crippen LogP contribution >= 0.6 is 0 Å². The van der Waals surface area contributed by atoms with Crippen molar-refractivity contribution >= 4 is 43.1 Å². The van der Waals surface area contributed by atoms with Gasteiger partial charge in [-0.3, -0.25) is 9.11 Å². The molecule has 1 aliphatic rings. The molecule has 10 nitrogen and oxygen atoms in total. The van der Waals surface area contributed by atoms with Gasteiger partial charge in [0.15, 0.2) is 12.3 Å². The van der Waals surface area contributed by atoms with Crippen molar-refractivity contribution in [1.82, 2.24) is 0 Å². The van der Waals surface area contributed by atoms with Gasteiger partial charge in [-0.05, 0) is 83.1 Å². The molecule has 0 unspecified atom stereocenters. The lowest BCUT2D eigenvalue weighted by atomic mass is 10.0. The number of aryl methyl sites for hydroxylation is 1. The molecule has 4 aromatic carbocycles. The van der Waals surface area contributed by atoms with E-state index in [1.54, 1.807) is 48.6 Å². The van der Waals surface area contributed by atoms with Crippen LogP contribution in [0.25, 0.3) is 39.4 Å². The Kier molecular flexibility index (Phi) is 10.4. The largest absolute Gasteiger partial charge is 0.439 e. The predicted octanol–water partition coefficient (Wildman–Crippen LogP) is 7.42. The molecular formula is C37H35F2N2O8S2+. The van der Waals surface area contributed by atoms with E-state index in [9.17, 15) is 34.7 Å². The highest BCUT2D eigenvalue weighted by atomic mass is 32.2. The summed E-state index contributed by atoms with van der Waals surface area (Å²) in [7, 11) is -8.42. The number of nitrogens with zero attached hydrogens (tertiary/aromatic N) is 2. The van der Waals surface area contributed by atoms with Crippen molar-refractivity contribution in [3.05, 3.63) is 120 Å². The highest BCUT2D eigenvalue weighted by Crippen LogP contribution is 2.42. The van der Waals surface area contributed by atoms with E-state index < -0.39 is 31.7 Å². The van der Waals surface area contributed by atoms with Gasteiger partial charge in [0.05, 0.1) is 23.3 Å². The first-order valence-corrected chi connectivity index (χ1v) is 19.4. The van der Waals surface area contributed by atoms with E-state index in [4.69, 9.17) is 9.15 Å². The predicted molar refractivity (Wildman–Crippen MR) is 190 cm³/mol. The number of anilines is 1. The fourth-order valence-electron chi connectivity index (χ4n) is 5.90. The minimum Gasteiger partial charge on any atom is -0.439 e. The van der Waals surface area contributed by atoms with Crippen LogP contribution in [0, 0.1) is 11.6 Å². The molecule has 0 amide bonds. The molecular weight excluding hydrogens is 703 g/mol. The number of benzene rings is 4. The van der Waals surface area contributed by atoms with Crippen LogP contribution in [0.2, 0.25) is 0 Å². The zero-order valence-electron chi connectivity index (χ0n) is 27.5. The number of ether oxygens (including phenoxy) is 1. The summed E-state index contributed by atoms with van der Waals surface area (Å²) in [5, 5.41) is 0. The highest BCUT2D eigenvalue weighted by Gasteiger charge is 2.28. The summed E-state index contributed by atoms with van der Waals surface area (Å²) in [5.74, 6) is -0.319. The maximum atomic E-state index is 13.6. The lowest BCUT2D eigenvalue weighted by Gasteiger charge is -2.19. The SMILES string of the molecule is CCC(=Cc1oc2ccc(-c3ccc(F)cc3)cc2[n+]1CCCS(=O)(=O)O)C=C1Oc2ccc(-c3ccc(F)cc3)cc2N1CCCS(=O)(=O)O. The zero-order valence-corrected chi connectivity index (χ0v) is 29.1. The molecule has 5 aromatic rings. The van der Waals surface area contributed by atoms with Gasteiger partial charge in [-0.2, -0.15) is 21.4 Å². The number of allylic oxidation sites excluding steroid dienone is 2. The van der Waals surface area contributed by atoms with Crippen LogP contribution < -0.4 is 14.2 Å². The molecule has 2 N–H and O–H groups in total. The highest BCUT2D eigenvalue weighted by molar-refractivity contribution is 7.86. The topological polar surface area (TPSA) is 138 Å². The number of oxazole rings is 1. The third-order valence-corrected chi connectivity index (χ3v) is 10.0. The summed E-state index contributed by atoms with van der Waals surface area (Å²) in [6, 6.07) is 23.1. The first-order valence-electron chi connectivity index (χ1n) is 16.2. The average Bonchev–Trinajstić information content (AvgIpc) is 3.60. The fourth-order valence-corrected chi connectivity index (χ4v) is 6.88. The summed E-state index contributed by atoms with van der Waals surface area (Å²) < 4.78 is 107. The van der Waals surface area contributed by atoms with E-state index in [-0.39, 0.29) is 37.6 Å². The van der Waals surface area contributed by atoms with Gasteiger partial charge in [0.25, 0.3) is 25.8 Å². The van der Waals surface area contributed by atoms with Crippen LogP contribution in [0.3, 0.4) is 0 Å². The first-order chi connectivity index (χ1) is 24.3. The van der Waals surface area contributed by atoms with Crippen molar-refractivity contribution in [3.63, 3.8) is 0 Å². The molecule has 266 valence electrons. The lowest BCUT2D eigenvalue weighted by molar-refractivity contribution is -0.677. The molecule has 6 rings (SSSR count). The zero-order chi connectivity index (χ0) is 36.3. The van der Waals surface area contributed by atoms with E-state index >= 15 is 0 Å². The second-order valence-electron chi connectivity index (χ2n) is 12.1. The molecule has 0 saturated heterocycles. The molecule has 0 atom stereocenters. The van der Waals surface area contributed by atoms with E-state index in [0.29, 0.717) is 40.7 Å². The van der Waals surface area contributed by atoms with Crippen LogP contribution in [0.15, 0.2) is 107 Å². The summed E-state index contributed by atoms with van der Waals surface area (Å²) in [5.41, 5.74) is 5.71. The summed E-state index contributed by atoms with van der Waals surface area (Å²) >= 11 is 0. The number of rotatable bonds is 13. The van der Waals surface area contributed by atoms with Crippen LogP contribution in [0.4, 0.5) is 14.5 Å². The quantitative estimate of drug-likeness (QED) is 0.0934. The van der Waals surface area contributed by atoms with E-state index in [1.165, 1.54) is 24.3 Å². The normalized spacial score (nSPS) is 14.3. The third kappa shape index (κ3) is 8.89. The van der Waals surface area contributed by atoms with Crippen molar-refractivity contribution in [2.75, 3.05) is 23.0 Å². The Hall–Kier alpha value is -4.89. The van der Waals surface area contributed by atoms with E-state index in [2.05, 4.69) is 0 Å². The molecule has 1 aliphatic heterocycles. The maximum absolute atomic E-state index is 13.6. The number of halogens is 2. The Morgan fingerprint density at radius 3 is 1.96 bits per heavy atom. The molecule has 0 fully saturated rings. The fraction of sp³-hybridized carbons (Fsp3) is 0.216. The smallest absolute Gasteiger partial charge is 0.374 e. The third-order valence-electron chi connectivity index (χ3n) is 8.41. The Labute approximate surface area is 294 Å². The van der Waals surface area contributed by atoms with Crippen LogP contribution in [-0.2, 0) is 26.8 Å². The second kappa shape index (κ2) is 14.8. The summed E-state index contributed by atoms with van der Waals surface area (Å²) in [4.78, 5) is 1.81. The van der Waals surface area contributed by atoms with E-state index in [1.807, 2.05) is 40.7 Å². The van der Waals surface area contributed by atoms with Crippen molar-refractivity contribution < 1.29 is 48.4 Å². The summed E-state index contributed by atoms with van der Waals surface area (Å²) in [6.07, 6.45) is 4.29. The van der Waals surface area contributed by atoms with Gasteiger partial charge in [0, 0.05) is 25.1 Å². The average molecular weight is 738 g/mol. The first kappa shape index (κ1) is 35.9. The van der Waals surface area contributed by atoms with Crippen molar-refractivity contribution in [1.29, 1.82) is 0 Å². The second-order valence-corrected chi connectivity index (χ2v) is 15.2. The molecule has 14 heteroatoms. The Balaban J connectivity index is 1.39. The van der Waals surface area contributed by atoms with Gasteiger partial charge in [-0.1, -0.05) is 43.3 Å². The molecule has 0 bridgehead atoms. The molecule has 0 spiro atoms.